The van der Waals surface area contributed by atoms with Crippen molar-refractivity contribution in [2.45, 2.75) is 46.9 Å². The van der Waals surface area contributed by atoms with Gasteiger partial charge >= 0.3 is 0 Å². The minimum atomic E-state index is 0.311. The molecule has 1 aromatic heterocycles. The summed E-state index contributed by atoms with van der Waals surface area (Å²) in [6, 6.07) is 0. The summed E-state index contributed by atoms with van der Waals surface area (Å²) in [5, 5.41) is 8.09. The molecule has 1 aliphatic heterocycles. The van der Waals surface area contributed by atoms with E-state index in [1.165, 1.54) is 11.3 Å². The van der Waals surface area contributed by atoms with Gasteiger partial charge in [-0.2, -0.15) is 5.10 Å². The molecule has 0 unspecified atom stereocenters. The molecule has 1 aromatic rings. The maximum absolute atomic E-state index is 5.81. The first-order valence-corrected chi connectivity index (χ1v) is 7.73. The summed E-state index contributed by atoms with van der Waals surface area (Å²) in [6.45, 7) is 15.4. The zero-order valence-electron chi connectivity index (χ0n) is 13.3. The molecule has 5 heteroatoms. The Bertz CT molecular complexity index is 430. The smallest absolute Gasteiger partial charge is 0.0826 e. The average molecular weight is 280 g/mol. The normalized spacial score (nSPS) is 20.5. The Labute approximate surface area is 122 Å². The van der Waals surface area contributed by atoms with Crippen LogP contribution in [-0.4, -0.2) is 53.6 Å². The van der Waals surface area contributed by atoms with Crippen LogP contribution in [0.4, 0.5) is 0 Å². The lowest BCUT2D eigenvalue weighted by Crippen LogP contribution is -2.46. The molecule has 0 bridgehead atoms. The molecule has 0 spiro atoms. The van der Waals surface area contributed by atoms with Gasteiger partial charge in [0.15, 0.2) is 0 Å². The molecular formula is C15H28N4O. The van der Waals surface area contributed by atoms with Gasteiger partial charge in [-0.05, 0) is 27.3 Å². The number of ether oxygens (including phenoxy) is 1. The third kappa shape index (κ3) is 3.59. The molecule has 0 amide bonds. The fraction of sp³-hybridized carbons (Fsp3) is 0.800. The summed E-state index contributed by atoms with van der Waals surface area (Å²) in [4.78, 5) is 2.45. The van der Waals surface area contributed by atoms with E-state index in [2.05, 4.69) is 47.7 Å². The van der Waals surface area contributed by atoms with Gasteiger partial charge in [0, 0.05) is 44.0 Å². The van der Waals surface area contributed by atoms with Crippen molar-refractivity contribution in [3.05, 3.63) is 17.0 Å². The van der Waals surface area contributed by atoms with Crippen molar-refractivity contribution in [1.29, 1.82) is 0 Å². The van der Waals surface area contributed by atoms with Gasteiger partial charge in [0.05, 0.1) is 18.4 Å². The minimum Gasteiger partial charge on any atom is -0.374 e. The van der Waals surface area contributed by atoms with Crippen LogP contribution in [0.25, 0.3) is 0 Å². The Morgan fingerprint density at radius 3 is 2.75 bits per heavy atom. The van der Waals surface area contributed by atoms with Crippen LogP contribution in [0, 0.1) is 13.8 Å². The fourth-order valence-corrected chi connectivity index (χ4v) is 2.85. The maximum atomic E-state index is 5.81. The highest BCUT2D eigenvalue weighted by Crippen LogP contribution is 2.12. The monoisotopic (exact) mass is 280 g/mol. The second kappa shape index (κ2) is 7.20. The van der Waals surface area contributed by atoms with E-state index in [1.54, 1.807) is 0 Å². The molecule has 2 rings (SSSR count). The maximum Gasteiger partial charge on any atom is 0.0826 e. The van der Waals surface area contributed by atoms with E-state index in [1.807, 2.05) is 0 Å². The molecule has 0 radical (unpaired) electrons. The number of nitrogens with one attached hydrogen (secondary N) is 1. The quantitative estimate of drug-likeness (QED) is 0.854. The van der Waals surface area contributed by atoms with E-state index in [-0.39, 0.29) is 0 Å². The van der Waals surface area contributed by atoms with Gasteiger partial charge in [0.1, 0.15) is 0 Å². The number of aryl methyl sites for hydroxylation is 2. The third-order valence-electron chi connectivity index (χ3n) is 4.17. The first-order chi connectivity index (χ1) is 9.65. The van der Waals surface area contributed by atoms with Gasteiger partial charge < -0.3 is 10.1 Å². The Kier molecular flexibility index (Phi) is 5.57. The topological polar surface area (TPSA) is 42.3 Å². The van der Waals surface area contributed by atoms with Crippen LogP contribution in [0.1, 0.15) is 30.8 Å². The Hall–Kier alpha value is -0.910. The molecule has 114 valence electrons. The summed E-state index contributed by atoms with van der Waals surface area (Å²) in [5.41, 5.74) is 3.74. The number of nitrogens with zero attached hydrogens (tertiary/aromatic N) is 3. The first-order valence-electron chi connectivity index (χ1n) is 7.73. The highest BCUT2D eigenvalue weighted by molar-refractivity contribution is 5.24. The summed E-state index contributed by atoms with van der Waals surface area (Å²) in [5.74, 6) is 0. The van der Waals surface area contributed by atoms with E-state index in [4.69, 9.17) is 4.74 Å². The summed E-state index contributed by atoms with van der Waals surface area (Å²) in [6.07, 6.45) is 0.311. The fourth-order valence-electron chi connectivity index (χ4n) is 2.85. The van der Waals surface area contributed by atoms with Gasteiger partial charge in [-0.25, -0.2) is 0 Å². The summed E-state index contributed by atoms with van der Waals surface area (Å²) < 4.78 is 7.88. The summed E-state index contributed by atoms with van der Waals surface area (Å²) in [7, 11) is 0. The number of likely N-dealkylation sites (N-methyl/N-ethyl adjacent to an activating group) is 1. The van der Waals surface area contributed by atoms with Crippen LogP contribution in [0.3, 0.4) is 0 Å². The van der Waals surface area contributed by atoms with Crippen LogP contribution in [0.15, 0.2) is 0 Å². The second-order valence-corrected chi connectivity index (χ2v) is 5.48. The molecule has 0 saturated carbocycles. The van der Waals surface area contributed by atoms with Crippen LogP contribution < -0.4 is 5.32 Å². The van der Waals surface area contributed by atoms with Crippen LogP contribution in [-0.2, 0) is 17.8 Å². The van der Waals surface area contributed by atoms with Gasteiger partial charge in [-0.3, -0.25) is 9.58 Å². The average Bonchev–Trinajstić information content (AvgIpc) is 2.74. The van der Waals surface area contributed by atoms with E-state index < -0.39 is 0 Å². The number of hydrogen-bond acceptors (Lipinski definition) is 4. The van der Waals surface area contributed by atoms with Gasteiger partial charge in [-0.1, -0.05) is 6.92 Å². The molecule has 1 atom stereocenters. The molecular weight excluding hydrogens is 252 g/mol. The van der Waals surface area contributed by atoms with Crippen LogP contribution in [0.2, 0.25) is 0 Å². The molecule has 20 heavy (non-hydrogen) atoms. The molecule has 1 saturated heterocycles. The standard InChI is InChI=1S/C15H28N4O/c1-5-18-7-8-20-14(11-18)9-16-10-15-12(3)17-19(6-2)13(15)4/h14,16H,5-11H2,1-4H3/t14-/m1/s1. The van der Waals surface area contributed by atoms with Crippen molar-refractivity contribution in [3.63, 3.8) is 0 Å². The number of aromatic nitrogens is 2. The third-order valence-corrected chi connectivity index (χ3v) is 4.17. The SMILES string of the molecule is CCN1CCO[C@H](CNCc2c(C)nn(CC)c2C)C1. The van der Waals surface area contributed by atoms with E-state index >= 15 is 0 Å². The Morgan fingerprint density at radius 1 is 1.30 bits per heavy atom. The van der Waals surface area contributed by atoms with Gasteiger partial charge in [-0.15, -0.1) is 0 Å². The Balaban J connectivity index is 1.82. The minimum absolute atomic E-state index is 0.311. The lowest BCUT2D eigenvalue weighted by atomic mass is 10.2. The predicted molar refractivity (Wildman–Crippen MR) is 80.9 cm³/mol. The zero-order chi connectivity index (χ0) is 14.5. The van der Waals surface area contributed by atoms with Crippen molar-refractivity contribution >= 4 is 0 Å². The molecule has 0 aliphatic carbocycles. The molecule has 1 fully saturated rings. The lowest BCUT2D eigenvalue weighted by molar-refractivity contribution is -0.0253. The second-order valence-electron chi connectivity index (χ2n) is 5.48. The van der Waals surface area contributed by atoms with Crippen molar-refractivity contribution in [2.75, 3.05) is 32.8 Å². The number of morpholine rings is 1. The highest BCUT2D eigenvalue weighted by atomic mass is 16.5. The molecule has 5 nitrogen and oxygen atoms in total. The highest BCUT2D eigenvalue weighted by Gasteiger charge is 2.19. The van der Waals surface area contributed by atoms with E-state index in [0.717, 1.165) is 51.6 Å². The molecule has 2 heterocycles. The van der Waals surface area contributed by atoms with E-state index in [0.29, 0.717) is 6.10 Å². The van der Waals surface area contributed by atoms with Crippen LogP contribution in [0.5, 0.6) is 0 Å². The summed E-state index contributed by atoms with van der Waals surface area (Å²) >= 11 is 0. The van der Waals surface area contributed by atoms with E-state index in [9.17, 15) is 0 Å². The predicted octanol–water partition coefficient (Wildman–Crippen LogP) is 1.33. The lowest BCUT2D eigenvalue weighted by Gasteiger charge is -2.32. The Morgan fingerprint density at radius 2 is 2.10 bits per heavy atom. The first kappa shape index (κ1) is 15.5. The molecule has 1 aliphatic rings. The van der Waals surface area contributed by atoms with Crippen molar-refractivity contribution in [3.8, 4) is 0 Å². The van der Waals surface area contributed by atoms with Gasteiger partial charge in [0.2, 0.25) is 0 Å². The van der Waals surface area contributed by atoms with Crippen molar-refractivity contribution in [1.82, 2.24) is 20.0 Å². The van der Waals surface area contributed by atoms with Crippen LogP contribution >= 0.6 is 0 Å². The number of rotatable bonds is 6. The van der Waals surface area contributed by atoms with Crippen molar-refractivity contribution < 1.29 is 4.74 Å². The zero-order valence-corrected chi connectivity index (χ0v) is 13.3. The largest absolute Gasteiger partial charge is 0.374 e. The molecule has 0 aromatic carbocycles. The van der Waals surface area contributed by atoms with Gasteiger partial charge in [0.25, 0.3) is 0 Å². The number of hydrogen-bond donors (Lipinski definition) is 1. The van der Waals surface area contributed by atoms with Crippen molar-refractivity contribution in [2.24, 2.45) is 0 Å². The molecule has 1 N–H and O–H groups in total.